The quantitative estimate of drug-likeness (QED) is 0.266. The number of anilines is 1. The third kappa shape index (κ3) is 7.90. The minimum atomic E-state index is -1.06. The van der Waals surface area contributed by atoms with Crippen LogP contribution < -0.4 is 15.1 Å². The highest BCUT2D eigenvalue weighted by Gasteiger charge is 2.52. The van der Waals surface area contributed by atoms with Crippen LogP contribution in [0.1, 0.15) is 74.8 Å². The van der Waals surface area contributed by atoms with Crippen LogP contribution in [0.15, 0.2) is 24.4 Å². The molecule has 0 N–H and O–H groups in total. The van der Waals surface area contributed by atoms with Gasteiger partial charge in [0.05, 0.1) is 22.8 Å². The van der Waals surface area contributed by atoms with Gasteiger partial charge >= 0.3 is 19.3 Å². The van der Waals surface area contributed by atoms with Crippen molar-refractivity contribution < 1.29 is 41.9 Å². The van der Waals surface area contributed by atoms with Crippen molar-refractivity contribution in [2.45, 2.75) is 98.1 Å². The van der Waals surface area contributed by atoms with Gasteiger partial charge < -0.3 is 23.5 Å². The van der Waals surface area contributed by atoms with Gasteiger partial charge in [-0.15, -0.1) is 0 Å². The van der Waals surface area contributed by atoms with Crippen LogP contribution in [0.25, 0.3) is 0 Å². The summed E-state index contributed by atoms with van der Waals surface area (Å²) in [5.74, 6) is -1.80. The summed E-state index contributed by atoms with van der Waals surface area (Å²) in [6.07, 6.45) is -0.871. The molecule has 0 bridgehead atoms. The van der Waals surface area contributed by atoms with Crippen molar-refractivity contribution in [2.24, 2.45) is 0 Å². The lowest BCUT2D eigenvalue weighted by Crippen LogP contribution is -2.45. The molecule has 1 fully saturated rings. The van der Waals surface area contributed by atoms with E-state index in [1.807, 2.05) is 27.7 Å². The number of amides is 2. The van der Waals surface area contributed by atoms with Crippen LogP contribution in [0.4, 0.5) is 24.2 Å². The molecule has 9 nitrogen and oxygen atoms in total. The number of halogens is 3. The lowest BCUT2D eigenvalue weighted by atomic mass is 9.80. The molecule has 1 aliphatic rings. The van der Waals surface area contributed by atoms with Gasteiger partial charge in [-0.05, 0) is 87.4 Å². The van der Waals surface area contributed by atoms with Crippen LogP contribution in [0, 0.1) is 11.6 Å². The van der Waals surface area contributed by atoms with Gasteiger partial charge in [0.1, 0.15) is 22.8 Å². The molecule has 0 atom stereocenters. The first-order valence-corrected chi connectivity index (χ1v) is 13.9. The molecule has 13 heteroatoms. The highest BCUT2D eigenvalue weighted by Crippen LogP contribution is 2.37. The second-order valence-electron chi connectivity index (χ2n) is 12.9. The van der Waals surface area contributed by atoms with Crippen molar-refractivity contribution in [3.63, 3.8) is 0 Å². The number of hydrogen-bond acceptors (Lipinski definition) is 8. The summed E-state index contributed by atoms with van der Waals surface area (Å²) >= 11 is 5.99. The van der Waals surface area contributed by atoms with Crippen LogP contribution in [0.3, 0.4) is 0 Å². The zero-order valence-electron chi connectivity index (χ0n) is 25.7. The van der Waals surface area contributed by atoms with Gasteiger partial charge in [-0.1, -0.05) is 11.6 Å². The first-order valence-electron chi connectivity index (χ1n) is 13.5. The molecule has 0 radical (unpaired) electrons. The molecular formula is C29H38BClF2N2O7. The summed E-state index contributed by atoms with van der Waals surface area (Å²) < 4.78 is 57.6. The Bertz CT molecular complexity index is 1300. The van der Waals surface area contributed by atoms with E-state index in [-0.39, 0.29) is 35.2 Å². The van der Waals surface area contributed by atoms with E-state index in [9.17, 15) is 18.4 Å². The number of ether oxygens (including phenoxy) is 3. The molecule has 0 aliphatic carbocycles. The average molecular weight is 611 g/mol. The summed E-state index contributed by atoms with van der Waals surface area (Å²) in [5.41, 5.74) is -2.93. The first kappa shape index (κ1) is 33.5. The second kappa shape index (κ2) is 12.0. The van der Waals surface area contributed by atoms with Gasteiger partial charge in [-0.25, -0.2) is 23.4 Å². The molecule has 1 aromatic carbocycles. The molecule has 230 valence electrons. The summed E-state index contributed by atoms with van der Waals surface area (Å²) in [6.45, 7) is 17.2. The SMILES string of the molecule is CC(C)(C)OC(=O)N(C(=O)OC(C)(C)C)c1ncc(B2OC(C)(C)C(C)(C)O2)cc1OCCc1c(F)ccc(F)c1Cl. The van der Waals surface area contributed by atoms with Gasteiger partial charge in [0.2, 0.25) is 0 Å². The summed E-state index contributed by atoms with van der Waals surface area (Å²) in [4.78, 5) is 31.6. The molecule has 1 aliphatic heterocycles. The fourth-order valence-electron chi connectivity index (χ4n) is 3.76. The molecule has 1 aromatic heterocycles. The van der Waals surface area contributed by atoms with Gasteiger partial charge in [-0.2, -0.15) is 4.90 Å². The zero-order chi connectivity index (χ0) is 31.8. The Labute approximate surface area is 250 Å². The number of nitrogens with zero attached hydrogens (tertiary/aromatic N) is 2. The normalized spacial score (nSPS) is 16.3. The van der Waals surface area contributed by atoms with Crippen molar-refractivity contribution >= 4 is 42.2 Å². The van der Waals surface area contributed by atoms with Crippen molar-refractivity contribution in [1.82, 2.24) is 4.98 Å². The van der Waals surface area contributed by atoms with E-state index in [2.05, 4.69) is 4.98 Å². The maximum atomic E-state index is 14.4. The topological polar surface area (TPSA) is 96.4 Å². The lowest BCUT2D eigenvalue weighted by molar-refractivity contribution is 0.00578. The van der Waals surface area contributed by atoms with Crippen molar-refractivity contribution in [3.05, 3.63) is 46.6 Å². The van der Waals surface area contributed by atoms with Gasteiger partial charge in [0, 0.05) is 23.6 Å². The van der Waals surface area contributed by atoms with Crippen LogP contribution in [0.5, 0.6) is 5.75 Å². The Hall–Kier alpha value is -2.96. The number of aromatic nitrogens is 1. The molecule has 1 saturated heterocycles. The monoisotopic (exact) mass is 610 g/mol. The number of carbonyl (C=O) groups excluding carboxylic acids is 2. The molecular weight excluding hydrogens is 573 g/mol. The van der Waals surface area contributed by atoms with E-state index >= 15 is 0 Å². The third-order valence-corrected chi connectivity index (χ3v) is 6.90. The maximum absolute atomic E-state index is 14.4. The Morgan fingerprint density at radius 1 is 0.952 bits per heavy atom. The van der Waals surface area contributed by atoms with Gasteiger partial charge in [0.15, 0.2) is 11.6 Å². The van der Waals surface area contributed by atoms with Crippen molar-refractivity contribution in [1.29, 1.82) is 0 Å². The fourth-order valence-corrected chi connectivity index (χ4v) is 4.01. The smallest absolute Gasteiger partial charge is 0.489 e. The van der Waals surface area contributed by atoms with Crippen molar-refractivity contribution in [3.8, 4) is 5.75 Å². The van der Waals surface area contributed by atoms with Crippen LogP contribution in [0.2, 0.25) is 5.02 Å². The minimum absolute atomic E-state index is 0.0631. The lowest BCUT2D eigenvalue weighted by Gasteiger charge is -2.32. The standard InChI is InChI=1S/C29H38BClF2N2O7/c1-26(2,3)39-24(36)35(25(37)40-27(4,5)6)23-21(38-14-13-18-19(32)11-12-20(33)22(18)31)15-17(16-34-23)30-41-28(7,8)29(9,10)42-30/h11-12,15-16H,13-14H2,1-10H3. The molecule has 0 spiro atoms. The van der Waals surface area contributed by atoms with Crippen LogP contribution in [-0.4, -0.2) is 53.3 Å². The highest BCUT2D eigenvalue weighted by atomic mass is 35.5. The summed E-state index contributed by atoms with van der Waals surface area (Å²) in [5, 5.41) is -0.368. The van der Waals surface area contributed by atoms with Crippen LogP contribution in [-0.2, 0) is 25.2 Å². The number of imide groups is 1. The molecule has 2 heterocycles. The first-order chi connectivity index (χ1) is 19.1. The van der Waals surface area contributed by atoms with Gasteiger partial charge in [0.25, 0.3) is 0 Å². The molecule has 2 aromatic rings. The zero-order valence-corrected chi connectivity index (χ0v) is 26.4. The Morgan fingerprint density at radius 2 is 1.45 bits per heavy atom. The van der Waals surface area contributed by atoms with E-state index in [0.29, 0.717) is 10.4 Å². The van der Waals surface area contributed by atoms with E-state index in [0.717, 1.165) is 12.1 Å². The van der Waals surface area contributed by atoms with Crippen LogP contribution >= 0.6 is 11.6 Å². The molecule has 0 saturated carbocycles. The number of carbonyl (C=O) groups is 2. The van der Waals surface area contributed by atoms with E-state index in [1.54, 1.807) is 41.5 Å². The fraction of sp³-hybridized carbons (Fsp3) is 0.552. The third-order valence-electron chi connectivity index (χ3n) is 6.49. The molecule has 3 rings (SSSR count). The van der Waals surface area contributed by atoms with Crippen molar-refractivity contribution in [2.75, 3.05) is 11.5 Å². The highest BCUT2D eigenvalue weighted by molar-refractivity contribution is 6.62. The predicted octanol–water partition coefficient (Wildman–Crippen LogP) is 6.61. The van der Waals surface area contributed by atoms with E-state index in [1.165, 1.54) is 12.3 Å². The molecule has 2 amide bonds. The molecule has 42 heavy (non-hydrogen) atoms. The number of rotatable bonds is 6. The van der Waals surface area contributed by atoms with Gasteiger partial charge in [-0.3, -0.25) is 0 Å². The maximum Gasteiger partial charge on any atom is 0.496 e. The van der Waals surface area contributed by atoms with E-state index < -0.39 is 53.3 Å². The average Bonchev–Trinajstić information content (AvgIpc) is 3.04. The Balaban J connectivity index is 2.07. The largest absolute Gasteiger partial charge is 0.496 e. The summed E-state index contributed by atoms with van der Waals surface area (Å²) in [6, 6.07) is 3.39. The minimum Gasteiger partial charge on any atom is -0.489 e. The second-order valence-corrected chi connectivity index (χ2v) is 13.3. The predicted molar refractivity (Wildman–Crippen MR) is 155 cm³/mol. The Kier molecular flexibility index (Phi) is 9.56. The van der Waals surface area contributed by atoms with E-state index in [4.69, 9.17) is 35.1 Å². The number of hydrogen-bond donors (Lipinski definition) is 0. The number of pyridine rings is 1. The number of benzene rings is 1. The summed E-state index contributed by atoms with van der Waals surface area (Å²) in [7, 11) is -0.856. The Morgan fingerprint density at radius 3 is 1.95 bits per heavy atom. The molecule has 0 unspecified atom stereocenters.